The quantitative estimate of drug-likeness (QED) is 0.672. The summed E-state index contributed by atoms with van der Waals surface area (Å²) in [5.41, 5.74) is 7.28. The largest absolute Gasteiger partial charge is 0.0835 e. The van der Waals surface area contributed by atoms with Gasteiger partial charge in [-0.15, -0.1) is 0 Å². The van der Waals surface area contributed by atoms with E-state index in [1.165, 1.54) is 34.2 Å². The van der Waals surface area contributed by atoms with E-state index in [1.54, 1.807) is 0 Å². The van der Waals surface area contributed by atoms with E-state index >= 15 is 0 Å². The third-order valence-corrected chi connectivity index (χ3v) is 5.48. The van der Waals surface area contributed by atoms with Crippen LogP contribution in [-0.2, 0) is 12.8 Å². The van der Waals surface area contributed by atoms with Crippen molar-refractivity contribution in [3.8, 4) is 0 Å². The topological polar surface area (TPSA) is 0 Å². The van der Waals surface area contributed by atoms with E-state index in [1.807, 2.05) is 0 Å². The normalized spacial score (nSPS) is 21.4. The third kappa shape index (κ3) is 2.49. The summed E-state index contributed by atoms with van der Waals surface area (Å²) in [6.45, 7) is 4.40. The van der Waals surface area contributed by atoms with Gasteiger partial charge in [-0.2, -0.15) is 0 Å². The predicted octanol–water partition coefficient (Wildman–Crippen LogP) is 5.15. The number of aryl methyl sites for hydroxylation is 2. The number of hydrogen-bond acceptors (Lipinski definition) is 0. The van der Waals surface area contributed by atoms with E-state index in [0.29, 0.717) is 10.7 Å². The van der Waals surface area contributed by atoms with Crippen molar-refractivity contribution in [2.45, 2.75) is 31.5 Å². The lowest BCUT2D eigenvalue weighted by atomic mass is 9.93. The fraction of sp³-hybridized carbons (Fsp3) is 0.333. The Morgan fingerprint density at radius 1 is 1.11 bits per heavy atom. The first-order valence-electron chi connectivity index (χ1n) is 6.93. The number of fused-ring (bicyclic) bond motifs is 1. The molecule has 1 aliphatic rings. The molecule has 0 fully saturated rings. The van der Waals surface area contributed by atoms with Gasteiger partial charge in [0.05, 0.1) is 0 Å². The molecule has 2 aromatic carbocycles. The lowest BCUT2D eigenvalue weighted by Crippen LogP contribution is -2.07. The molecule has 1 aliphatic carbocycles. The first-order chi connectivity index (χ1) is 9.15. The molecule has 0 saturated carbocycles. The molecule has 2 atom stereocenters. The lowest BCUT2D eigenvalue weighted by Gasteiger charge is -2.16. The Balaban J connectivity index is 1.85. The van der Waals surface area contributed by atoms with Crippen LogP contribution in [0.4, 0.5) is 0 Å². The van der Waals surface area contributed by atoms with E-state index < -0.39 is 0 Å². The first kappa shape index (κ1) is 12.9. The van der Waals surface area contributed by atoms with Gasteiger partial charge in [0.1, 0.15) is 0 Å². The lowest BCUT2D eigenvalue weighted by molar-refractivity contribution is 0.553. The van der Waals surface area contributed by atoms with Gasteiger partial charge >= 0.3 is 0 Å². The monoisotopic (exact) mass is 314 g/mol. The van der Waals surface area contributed by atoms with Crippen LogP contribution in [0.3, 0.4) is 0 Å². The molecule has 0 spiro atoms. The predicted molar refractivity (Wildman–Crippen MR) is 84.9 cm³/mol. The van der Waals surface area contributed by atoms with Crippen LogP contribution in [-0.4, -0.2) is 0 Å². The summed E-state index contributed by atoms with van der Waals surface area (Å²) in [5, 5.41) is 0. The van der Waals surface area contributed by atoms with Gasteiger partial charge in [-0.05, 0) is 54.9 Å². The molecule has 19 heavy (non-hydrogen) atoms. The fourth-order valence-corrected chi connectivity index (χ4v) is 3.93. The van der Waals surface area contributed by atoms with Crippen molar-refractivity contribution in [3.63, 3.8) is 0 Å². The van der Waals surface area contributed by atoms with Gasteiger partial charge < -0.3 is 0 Å². The van der Waals surface area contributed by atoms with Crippen molar-refractivity contribution < 1.29 is 0 Å². The molecule has 0 radical (unpaired) electrons. The number of alkyl halides is 1. The molecule has 0 N–H and O–H groups in total. The molecule has 0 nitrogen and oxygen atoms in total. The Morgan fingerprint density at radius 2 is 1.89 bits per heavy atom. The summed E-state index contributed by atoms with van der Waals surface area (Å²) in [7, 11) is 0. The van der Waals surface area contributed by atoms with Crippen LogP contribution in [0.2, 0.25) is 0 Å². The van der Waals surface area contributed by atoms with E-state index in [-0.39, 0.29) is 0 Å². The smallest absolute Gasteiger partial charge is 0.0432 e. The van der Waals surface area contributed by atoms with Crippen LogP contribution in [0.1, 0.15) is 32.6 Å². The number of benzene rings is 2. The molecule has 0 bridgehead atoms. The zero-order valence-corrected chi connectivity index (χ0v) is 13.1. The zero-order chi connectivity index (χ0) is 13.4. The van der Waals surface area contributed by atoms with Crippen LogP contribution >= 0.6 is 15.9 Å². The standard InChI is InChI=1S/C18H19Br/c1-12-7-8-13(2)15(9-12)11-16-10-14-5-3-4-6-17(14)18(16)19/h3-9,16,18H,10-11H2,1-2H3. The highest BCUT2D eigenvalue weighted by atomic mass is 79.9. The third-order valence-electron chi connectivity index (χ3n) is 4.23. The van der Waals surface area contributed by atoms with Gasteiger partial charge in [-0.1, -0.05) is 64.0 Å². The highest BCUT2D eigenvalue weighted by Gasteiger charge is 2.30. The van der Waals surface area contributed by atoms with Gasteiger partial charge in [-0.3, -0.25) is 0 Å². The molecule has 0 saturated heterocycles. The van der Waals surface area contributed by atoms with E-state index in [0.717, 1.165) is 6.42 Å². The maximum Gasteiger partial charge on any atom is 0.0432 e. The van der Waals surface area contributed by atoms with Crippen molar-refractivity contribution in [2.75, 3.05) is 0 Å². The molecule has 3 rings (SSSR count). The molecule has 0 aromatic heterocycles. The Hall–Kier alpha value is -1.08. The average Bonchev–Trinajstić information content (AvgIpc) is 2.72. The minimum Gasteiger partial charge on any atom is -0.0835 e. The van der Waals surface area contributed by atoms with Crippen LogP contribution in [0.15, 0.2) is 42.5 Å². The zero-order valence-electron chi connectivity index (χ0n) is 11.5. The molecule has 0 heterocycles. The second-order valence-corrected chi connectivity index (χ2v) is 6.69. The van der Waals surface area contributed by atoms with Gasteiger partial charge in [0, 0.05) is 4.83 Å². The second-order valence-electron chi connectivity index (χ2n) is 5.70. The Labute approximate surface area is 124 Å². The summed E-state index contributed by atoms with van der Waals surface area (Å²) in [4.78, 5) is 0.503. The summed E-state index contributed by atoms with van der Waals surface area (Å²) in [6, 6.07) is 15.6. The molecule has 2 unspecified atom stereocenters. The van der Waals surface area contributed by atoms with E-state index in [2.05, 4.69) is 72.2 Å². The highest BCUT2D eigenvalue weighted by Crippen LogP contribution is 2.43. The number of rotatable bonds is 2. The van der Waals surface area contributed by atoms with Gasteiger partial charge in [0.2, 0.25) is 0 Å². The van der Waals surface area contributed by atoms with E-state index in [9.17, 15) is 0 Å². The van der Waals surface area contributed by atoms with Gasteiger partial charge in [0.15, 0.2) is 0 Å². The summed E-state index contributed by atoms with van der Waals surface area (Å²) in [5.74, 6) is 0.679. The number of hydrogen-bond donors (Lipinski definition) is 0. The summed E-state index contributed by atoms with van der Waals surface area (Å²) >= 11 is 3.90. The van der Waals surface area contributed by atoms with Crippen molar-refractivity contribution in [2.24, 2.45) is 5.92 Å². The Morgan fingerprint density at radius 3 is 2.68 bits per heavy atom. The first-order valence-corrected chi connectivity index (χ1v) is 7.84. The molecular formula is C18H19Br. The molecule has 98 valence electrons. The molecule has 2 aromatic rings. The van der Waals surface area contributed by atoms with Crippen LogP contribution in [0.25, 0.3) is 0 Å². The summed E-state index contributed by atoms with van der Waals surface area (Å²) in [6.07, 6.45) is 2.36. The van der Waals surface area contributed by atoms with Crippen LogP contribution in [0, 0.1) is 19.8 Å². The highest BCUT2D eigenvalue weighted by molar-refractivity contribution is 9.09. The van der Waals surface area contributed by atoms with Crippen molar-refractivity contribution in [3.05, 3.63) is 70.3 Å². The SMILES string of the molecule is Cc1ccc(C)c(CC2Cc3ccccc3C2Br)c1. The molecule has 0 amide bonds. The van der Waals surface area contributed by atoms with Gasteiger partial charge in [-0.25, -0.2) is 0 Å². The maximum absolute atomic E-state index is 3.90. The van der Waals surface area contributed by atoms with Crippen LogP contribution < -0.4 is 0 Å². The second kappa shape index (κ2) is 5.13. The molecular weight excluding hydrogens is 296 g/mol. The van der Waals surface area contributed by atoms with Crippen molar-refractivity contribution in [1.29, 1.82) is 0 Å². The Kier molecular flexibility index (Phi) is 3.49. The fourth-order valence-electron chi connectivity index (χ4n) is 3.11. The molecule has 1 heteroatoms. The molecule has 0 aliphatic heterocycles. The minimum atomic E-state index is 0.503. The van der Waals surface area contributed by atoms with Crippen LogP contribution in [0.5, 0.6) is 0 Å². The Bertz CT molecular complexity index is 600. The summed E-state index contributed by atoms with van der Waals surface area (Å²) < 4.78 is 0. The van der Waals surface area contributed by atoms with Crippen molar-refractivity contribution in [1.82, 2.24) is 0 Å². The maximum atomic E-state index is 3.90. The van der Waals surface area contributed by atoms with Crippen molar-refractivity contribution >= 4 is 15.9 Å². The minimum absolute atomic E-state index is 0.503. The van der Waals surface area contributed by atoms with E-state index in [4.69, 9.17) is 0 Å². The number of halogens is 1. The van der Waals surface area contributed by atoms with Gasteiger partial charge in [0.25, 0.3) is 0 Å². The average molecular weight is 315 g/mol.